The fourth-order valence-corrected chi connectivity index (χ4v) is 2.58. The fraction of sp³-hybridized carbons (Fsp3) is 0.278. The summed E-state index contributed by atoms with van der Waals surface area (Å²) < 4.78 is 0. The van der Waals surface area contributed by atoms with Crippen LogP contribution in [0.4, 0.5) is 5.69 Å². The number of carbonyl (C=O) groups excluding carboxylic acids is 2. The first kappa shape index (κ1) is 18.0. The number of rotatable bonds is 5. The average molecular weight is 343 g/mol. The highest BCUT2D eigenvalue weighted by Crippen LogP contribution is 2.17. The maximum atomic E-state index is 12.0. The smallest absolute Gasteiger partial charge is 0.251 e. The molecule has 0 aliphatic rings. The minimum Gasteiger partial charge on any atom is -0.347 e. The van der Waals surface area contributed by atoms with Crippen molar-refractivity contribution in [1.29, 1.82) is 0 Å². The van der Waals surface area contributed by atoms with Gasteiger partial charge in [-0.25, -0.2) is 0 Å². The van der Waals surface area contributed by atoms with Crippen LogP contribution in [0.5, 0.6) is 0 Å². The van der Waals surface area contributed by atoms with Crippen molar-refractivity contribution in [2.45, 2.75) is 31.2 Å². The third-order valence-electron chi connectivity index (χ3n) is 2.94. The molecule has 0 saturated heterocycles. The van der Waals surface area contributed by atoms with Crippen LogP contribution >= 0.6 is 11.8 Å². The van der Waals surface area contributed by atoms with Crippen LogP contribution in [-0.2, 0) is 4.79 Å². The van der Waals surface area contributed by atoms with E-state index in [0.717, 1.165) is 4.90 Å². The minimum atomic E-state index is -0.284. The third kappa shape index (κ3) is 6.04. The van der Waals surface area contributed by atoms with E-state index in [4.69, 9.17) is 0 Å². The van der Waals surface area contributed by atoms with E-state index in [1.165, 1.54) is 11.8 Å². The van der Waals surface area contributed by atoms with Crippen molar-refractivity contribution in [1.82, 2.24) is 10.3 Å². The van der Waals surface area contributed by atoms with Crippen LogP contribution in [0.1, 0.15) is 31.1 Å². The molecule has 0 saturated carbocycles. The summed E-state index contributed by atoms with van der Waals surface area (Å²) in [6.45, 7) is 5.79. The lowest BCUT2D eigenvalue weighted by Gasteiger charge is -2.20. The Hall–Kier alpha value is -2.34. The van der Waals surface area contributed by atoms with Gasteiger partial charge in [0.2, 0.25) is 5.91 Å². The molecule has 24 heavy (non-hydrogen) atoms. The van der Waals surface area contributed by atoms with Gasteiger partial charge < -0.3 is 10.6 Å². The van der Waals surface area contributed by atoms with E-state index in [0.29, 0.717) is 17.0 Å². The molecule has 6 heteroatoms. The second-order valence-electron chi connectivity index (χ2n) is 6.30. The molecule has 2 amide bonds. The SMILES string of the molecule is CC(C)(C)NC(=O)c1ccc(NC(=O)CSc2ccncc2)cc1. The Bertz CT molecular complexity index is 694. The summed E-state index contributed by atoms with van der Waals surface area (Å²) in [6.07, 6.45) is 3.39. The quantitative estimate of drug-likeness (QED) is 0.817. The normalized spacial score (nSPS) is 11.0. The molecule has 2 aromatic rings. The summed E-state index contributed by atoms with van der Waals surface area (Å²) in [5.41, 5.74) is 0.949. The van der Waals surface area contributed by atoms with Gasteiger partial charge in [0.05, 0.1) is 5.75 Å². The van der Waals surface area contributed by atoms with E-state index in [1.807, 2.05) is 32.9 Å². The highest BCUT2D eigenvalue weighted by Gasteiger charge is 2.15. The lowest BCUT2D eigenvalue weighted by molar-refractivity contribution is -0.113. The zero-order chi connectivity index (χ0) is 17.6. The van der Waals surface area contributed by atoms with E-state index in [2.05, 4.69) is 15.6 Å². The second-order valence-corrected chi connectivity index (χ2v) is 7.35. The van der Waals surface area contributed by atoms with Crippen LogP contribution in [0.3, 0.4) is 0 Å². The predicted molar refractivity (Wildman–Crippen MR) is 97.3 cm³/mol. The molecule has 0 unspecified atom stereocenters. The van der Waals surface area contributed by atoms with Crippen molar-refractivity contribution >= 4 is 29.3 Å². The Balaban J connectivity index is 1.87. The van der Waals surface area contributed by atoms with Gasteiger partial charge in [-0.3, -0.25) is 14.6 Å². The number of hydrogen-bond acceptors (Lipinski definition) is 4. The Morgan fingerprint density at radius 2 is 1.67 bits per heavy atom. The molecule has 0 spiro atoms. The van der Waals surface area contributed by atoms with Gasteiger partial charge in [-0.2, -0.15) is 0 Å². The van der Waals surface area contributed by atoms with Gasteiger partial charge in [0.1, 0.15) is 0 Å². The molecule has 126 valence electrons. The summed E-state index contributed by atoms with van der Waals surface area (Å²) in [5.74, 6) is 0.0910. The number of thioether (sulfide) groups is 1. The molecular weight excluding hydrogens is 322 g/mol. The molecule has 0 radical (unpaired) electrons. The van der Waals surface area contributed by atoms with E-state index >= 15 is 0 Å². The molecule has 2 N–H and O–H groups in total. The average Bonchev–Trinajstić information content (AvgIpc) is 2.53. The van der Waals surface area contributed by atoms with Crippen molar-refractivity contribution in [3.63, 3.8) is 0 Å². The Morgan fingerprint density at radius 1 is 1.04 bits per heavy atom. The molecule has 0 aliphatic heterocycles. The lowest BCUT2D eigenvalue weighted by Crippen LogP contribution is -2.40. The number of pyridine rings is 1. The predicted octanol–water partition coefficient (Wildman–Crippen LogP) is 3.34. The van der Waals surface area contributed by atoms with Crippen LogP contribution in [-0.4, -0.2) is 28.1 Å². The zero-order valence-corrected chi connectivity index (χ0v) is 14.8. The summed E-state index contributed by atoms with van der Waals surface area (Å²) in [5, 5.41) is 5.72. The number of nitrogens with zero attached hydrogens (tertiary/aromatic N) is 1. The van der Waals surface area contributed by atoms with Crippen LogP contribution < -0.4 is 10.6 Å². The first-order chi connectivity index (χ1) is 11.3. The number of hydrogen-bond donors (Lipinski definition) is 2. The first-order valence-electron chi connectivity index (χ1n) is 7.59. The summed E-state index contributed by atoms with van der Waals surface area (Å²) in [6, 6.07) is 10.6. The second kappa shape index (κ2) is 7.97. The molecule has 0 atom stereocenters. The third-order valence-corrected chi connectivity index (χ3v) is 3.95. The van der Waals surface area contributed by atoms with Crippen molar-refractivity contribution in [2.24, 2.45) is 0 Å². The van der Waals surface area contributed by atoms with Gasteiger partial charge in [-0.05, 0) is 57.2 Å². The van der Waals surface area contributed by atoms with Gasteiger partial charge in [0, 0.05) is 34.1 Å². The summed E-state index contributed by atoms with van der Waals surface area (Å²) >= 11 is 1.45. The van der Waals surface area contributed by atoms with E-state index in [9.17, 15) is 9.59 Å². The van der Waals surface area contributed by atoms with Gasteiger partial charge in [-0.1, -0.05) is 0 Å². The molecule has 0 aliphatic carbocycles. The van der Waals surface area contributed by atoms with Gasteiger partial charge >= 0.3 is 0 Å². The zero-order valence-electron chi connectivity index (χ0n) is 14.0. The van der Waals surface area contributed by atoms with E-state index in [-0.39, 0.29) is 17.4 Å². The van der Waals surface area contributed by atoms with Crippen LogP contribution in [0, 0.1) is 0 Å². The fourth-order valence-electron chi connectivity index (χ4n) is 1.90. The molecule has 0 bridgehead atoms. The van der Waals surface area contributed by atoms with Gasteiger partial charge in [0.15, 0.2) is 0 Å². The number of carbonyl (C=O) groups is 2. The summed E-state index contributed by atoms with van der Waals surface area (Å²) in [7, 11) is 0. The highest BCUT2D eigenvalue weighted by molar-refractivity contribution is 8.00. The molecule has 1 aromatic heterocycles. The van der Waals surface area contributed by atoms with E-state index in [1.54, 1.807) is 36.7 Å². The number of amides is 2. The lowest BCUT2D eigenvalue weighted by atomic mass is 10.1. The van der Waals surface area contributed by atoms with Crippen molar-refractivity contribution < 1.29 is 9.59 Å². The molecule has 5 nitrogen and oxygen atoms in total. The highest BCUT2D eigenvalue weighted by atomic mass is 32.2. The Kier molecular flexibility index (Phi) is 5.98. The first-order valence-corrected chi connectivity index (χ1v) is 8.57. The number of nitrogens with one attached hydrogen (secondary N) is 2. The van der Waals surface area contributed by atoms with Crippen LogP contribution in [0.25, 0.3) is 0 Å². The van der Waals surface area contributed by atoms with Crippen molar-refractivity contribution in [3.05, 3.63) is 54.4 Å². The number of benzene rings is 1. The maximum absolute atomic E-state index is 12.0. The monoisotopic (exact) mass is 343 g/mol. The number of aromatic nitrogens is 1. The Labute approximate surface area is 146 Å². The molecule has 1 aromatic carbocycles. The molecular formula is C18H21N3O2S. The minimum absolute atomic E-state index is 0.0938. The van der Waals surface area contributed by atoms with Crippen molar-refractivity contribution in [3.8, 4) is 0 Å². The van der Waals surface area contributed by atoms with Crippen molar-refractivity contribution in [2.75, 3.05) is 11.1 Å². The van der Waals surface area contributed by atoms with Crippen LogP contribution in [0.15, 0.2) is 53.7 Å². The standard InChI is InChI=1S/C18H21N3O2S/c1-18(2,3)21-17(23)13-4-6-14(7-5-13)20-16(22)12-24-15-8-10-19-11-9-15/h4-11H,12H2,1-3H3,(H,20,22)(H,21,23). The van der Waals surface area contributed by atoms with Gasteiger partial charge in [-0.15, -0.1) is 11.8 Å². The maximum Gasteiger partial charge on any atom is 0.251 e. The topological polar surface area (TPSA) is 71.1 Å². The number of anilines is 1. The van der Waals surface area contributed by atoms with Crippen LogP contribution in [0.2, 0.25) is 0 Å². The molecule has 2 rings (SSSR count). The molecule has 0 fully saturated rings. The summed E-state index contributed by atoms with van der Waals surface area (Å²) in [4.78, 5) is 28.9. The molecule has 1 heterocycles. The largest absolute Gasteiger partial charge is 0.347 e. The van der Waals surface area contributed by atoms with Gasteiger partial charge in [0.25, 0.3) is 5.91 Å². The Morgan fingerprint density at radius 3 is 2.25 bits per heavy atom. The van der Waals surface area contributed by atoms with E-state index < -0.39 is 0 Å².